The van der Waals surface area contributed by atoms with Crippen LogP contribution < -0.4 is 10.1 Å². The second kappa shape index (κ2) is 8.30. The van der Waals surface area contributed by atoms with Gasteiger partial charge in [0.05, 0.1) is 11.1 Å². The van der Waals surface area contributed by atoms with Gasteiger partial charge in [0, 0.05) is 21.0 Å². The summed E-state index contributed by atoms with van der Waals surface area (Å²) in [4.78, 5) is 12.5. The number of rotatable bonds is 5. The Morgan fingerprint density at radius 2 is 1.73 bits per heavy atom. The molecule has 4 rings (SSSR count). The van der Waals surface area contributed by atoms with Gasteiger partial charge in [-0.2, -0.15) is 5.10 Å². The highest BCUT2D eigenvalue weighted by molar-refractivity contribution is 6.35. The normalized spacial score (nSPS) is 10.9. The van der Waals surface area contributed by atoms with Crippen molar-refractivity contribution in [2.24, 2.45) is 0 Å². The first kappa shape index (κ1) is 20.1. The Balaban J connectivity index is 1.56. The molecule has 0 atom stereocenters. The zero-order valence-corrected chi connectivity index (χ0v) is 16.7. The van der Waals surface area contributed by atoms with Crippen molar-refractivity contribution in [2.45, 2.75) is 6.61 Å². The van der Waals surface area contributed by atoms with Gasteiger partial charge in [-0.05, 0) is 48.5 Å². The van der Waals surface area contributed by atoms with Crippen LogP contribution in [0.3, 0.4) is 0 Å². The fourth-order valence-corrected chi connectivity index (χ4v) is 3.39. The number of ether oxygens (including phenoxy) is 1. The molecule has 1 amide bonds. The monoisotopic (exact) mass is 447 g/mol. The van der Waals surface area contributed by atoms with Gasteiger partial charge < -0.3 is 10.1 Å². The third kappa shape index (κ3) is 4.22. The van der Waals surface area contributed by atoms with E-state index in [4.69, 9.17) is 27.9 Å². The Morgan fingerprint density at radius 3 is 2.43 bits per heavy atom. The number of halogens is 4. The summed E-state index contributed by atoms with van der Waals surface area (Å²) in [5, 5.41) is 10.8. The standard InChI is InChI=1S/C21H13Cl2F2N3O2/c22-12-6-11(7-13(23)8-12)21(29)26-20-15-9-14(4-5-19(15)27-28-20)30-10-16-17(24)2-1-3-18(16)25/h1-9H,10H2,(H2,26,27,28,29). The number of aromatic nitrogens is 2. The highest BCUT2D eigenvalue weighted by atomic mass is 35.5. The van der Waals surface area contributed by atoms with Crippen LogP contribution in [0.15, 0.2) is 54.6 Å². The van der Waals surface area contributed by atoms with E-state index in [2.05, 4.69) is 15.5 Å². The van der Waals surface area contributed by atoms with Crippen molar-refractivity contribution < 1.29 is 18.3 Å². The predicted molar refractivity (Wildman–Crippen MR) is 111 cm³/mol. The number of amides is 1. The molecule has 1 heterocycles. The molecule has 0 bridgehead atoms. The number of anilines is 1. The average molecular weight is 448 g/mol. The number of nitrogens with one attached hydrogen (secondary N) is 2. The molecule has 30 heavy (non-hydrogen) atoms. The van der Waals surface area contributed by atoms with Crippen molar-refractivity contribution in [1.82, 2.24) is 10.2 Å². The van der Waals surface area contributed by atoms with E-state index in [1.807, 2.05) is 0 Å². The van der Waals surface area contributed by atoms with Gasteiger partial charge in [0.1, 0.15) is 24.0 Å². The van der Waals surface area contributed by atoms with Gasteiger partial charge in [-0.3, -0.25) is 9.89 Å². The number of hydrogen-bond acceptors (Lipinski definition) is 3. The van der Waals surface area contributed by atoms with E-state index >= 15 is 0 Å². The van der Waals surface area contributed by atoms with Gasteiger partial charge in [-0.25, -0.2) is 8.78 Å². The van der Waals surface area contributed by atoms with Crippen molar-refractivity contribution in [3.05, 3.63) is 87.4 Å². The Kier molecular flexibility index (Phi) is 5.57. The molecule has 0 spiro atoms. The molecule has 0 saturated heterocycles. The Morgan fingerprint density at radius 1 is 1.03 bits per heavy atom. The molecule has 0 unspecified atom stereocenters. The maximum Gasteiger partial charge on any atom is 0.256 e. The highest BCUT2D eigenvalue weighted by Crippen LogP contribution is 2.27. The molecule has 5 nitrogen and oxygen atoms in total. The lowest BCUT2D eigenvalue weighted by Gasteiger charge is -2.09. The van der Waals surface area contributed by atoms with Crippen LogP contribution in [0.25, 0.3) is 10.9 Å². The summed E-state index contributed by atoms with van der Waals surface area (Å²) in [6.45, 7) is -0.287. The van der Waals surface area contributed by atoms with Crippen molar-refractivity contribution in [3.8, 4) is 5.75 Å². The second-order valence-electron chi connectivity index (χ2n) is 6.38. The van der Waals surface area contributed by atoms with Crippen molar-refractivity contribution in [1.29, 1.82) is 0 Å². The molecular weight excluding hydrogens is 435 g/mol. The van der Waals surface area contributed by atoms with E-state index in [9.17, 15) is 13.6 Å². The highest BCUT2D eigenvalue weighted by Gasteiger charge is 2.14. The zero-order valence-electron chi connectivity index (χ0n) is 15.2. The number of aromatic amines is 1. The molecule has 0 radical (unpaired) electrons. The van der Waals surface area contributed by atoms with Crippen LogP contribution in [0.5, 0.6) is 5.75 Å². The van der Waals surface area contributed by atoms with Gasteiger partial charge >= 0.3 is 0 Å². The maximum absolute atomic E-state index is 13.8. The van der Waals surface area contributed by atoms with Crippen molar-refractivity contribution in [2.75, 3.05) is 5.32 Å². The van der Waals surface area contributed by atoms with E-state index in [-0.39, 0.29) is 23.6 Å². The fourth-order valence-electron chi connectivity index (χ4n) is 2.87. The Bertz CT molecular complexity index is 1220. The molecule has 2 N–H and O–H groups in total. The topological polar surface area (TPSA) is 67.0 Å². The molecule has 9 heteroatoms. The van der Waals surface area contributed by atoms with Gasteiger partial charge in [-0.15, -0.1) is 0 Å². The predicted octanol–water partition coefficient (Wildman–Crippen LogP) is 5.98. The number of H-pyrrole nitrogens is 1. The zero-order chi connectivity index (χ0) is 21.3. The molecule has 0 aliphatic heterocycles. The SMILES string of the molecule is O=C(Nc1n[nH]c2ccc(OCc3c(F)cccc3F)cc12)c1cc(Cl)cc(Cl)c1. The van der Waals surface area contributed by atoms with Crippen molar-refractivity contribution in [3.63, 3.8) is 0 Å². The number of hydrogen-bond donors (Lipinski definition) is 2. The minimum absolute atomic E-state index is 0.170. The molecule has 4 aromatic rings. The molecule has 3 aromatic carbocycles. The van der Waals surface area contributed by atoms with Crippen LogP contribution in [-0.2, 0) is 6.61 Å². The molecule has 0 saturated carbocycles. The smallest absolute Gasteiger partial charge is 0.256 e. The Hall–Kier alpha value is -3.16. The van der Waals surface area contributed by atoms with E-state index in [0.29, 0.717) is 26.7 Å². The second-order valence-corrected chi connectivity index (χ2v) is 7.25. The minimum Gasteiger partial charge on any atom is -0.489 e. The van der Waals surface area contributed by atoms with E-state index < -0.39 is 17.5 Å². The summed E-state index contributed by atoms with van der Waals surface area (Å²) >= 11 is 11.9. The number of fused-ring (bicyclic) bond motifs is 1. The first-order valence-corrected chi connectivity index (χ1v) is 9.47. The number of nitrogens with zero attached hydrogens (tertiary/aromatic N) is 1. The third-order valence-electron chi connectivity index (χ3n) is 4.34. The molecule has 0 fully saturated rings. The summed E-state index contributed by atoms with van der Waals surface area (Å²) in [6, 6.07) is 13.0. The van der Waals surface area contributed by atoms with E-state index in [0.717, 1.165) is 12.1 Å². The minimum atomic E-state index is -0.687. The first-order valence-electron chi connectivity index (χ1n) is 8.72. The Labute approximate surface area is 179 Å². The van der Waals surface area contributed by atoms with Crippen LogP contribution >= 0.6 is 23.2 Å². The van der Waals surface area contributed by atoms with Crippen LogP contribution in [0.1, 0.15) is 15.9 Å². The largest absolute Gasteiger partial charge is 0.489 e. The van der Waals surface area contributed by atoms with Crippen LogP contribution in [-0.4, -0.2) is 16.1 Å². The van der Waals surface area contributed by atoms with Crippen LogP contribution in [0.2, 0.25) is 10.0 Å². The quantitative estimate of drug-likeness (QED) is 0.395. The van der Waals surface area contributed by atoms with Gasteiger partial charge in [0.25, 0.3) is 5.91 Å². The number of benzene rings is 3. The average Bonchev–Trinajstić information content (AvgIpc) is 3.09. The molecular formula is C21H13Cl2F2N3O2. The summed E-state index contributed by atoms with van der Waals surface area (Å²) in [7, 11) is 0. The van der Waals surface area contributed by atoms with Crippen LogP contribution in [0.4, 0.5) is 14.6 Å². The summed E-state index contributed by atoms with van der Waals surface area (Å²) in [5.74, 6) is -1.21. The first-order chi connectivity index (χ1) is 14.4. The molecule has 0 aliphatic carbocycles. The summed E-state index contributed by atoms with van der Waals surface area (Å²) in [5.41, 5.74) is 0.737. The molecule has 0 aliphatic rings. The third-order valence-corrected chi connectivity index (χ3v) is 4.77. The van der Waals surface area contributed by atoms with E-state index in [1.165, 1.54) is 24.3 Å². The number of carbonyl (C=O) groups is 1. The maximum atomic E-state index is 13.8. The van der Waals surface area contributed by atoms with Gasteiger partial charge in [-0.1, -0.05) is 29.3 Å². The van der Waals surface area contributed by atoms with Crippen molar-refractivity contribution >= 4 is 45.8 Å². The fraction of sp³-hybridized carbons (Fsp3) is 0.0476. The summed E-state index contributed by atoms with van der Waals surface area (Å²) < 4.78 is 33.1. The lowest BCUT2D eigenvalue weighted by atomic mass is 10.2. The van der Waals surface area contributed by atoms with Gasteiger partial charge in [0.2, 0.25) is 0 Å². The van der Waals surface area contributed by atoms with Crippen LogP contribution in [0, 0.1) is 11.6 Å². The van der Waals surface area contributed by atoms with E-state index in [1.54, 1.807) is 18.2 Å². The lowest BCUT2D eigenvalue weighted by molar-refractivity contribution is 0.102. The number of carbonyl (C=O) groups excluding carboxylic acids is 1. The summed E-state index contributed by atoms with van der Waals surface area (Å²) in [6.07, 6.45) is 0. The molecule has 152 valence electrons. The molecule has 1 aromatic heterocycles. The van der Waals surface area contributed by atoms with Gasteiger partial charge in [0.15, 0.2) is 5.82 Å². The lowest BCUT2D eigenvalue weighted by Crippen LogP contribution is -2.12.